The summed E-state index contributed by atoms with van der Waals surface area (Å²) in [4.78, 5) is 12.2. The molecule has 0 atom stereocenters. The van der Waals surface area contributed by atoms with E-state index in [0.717, 1.165) is 21.3 Å². The highest BCUT2D eigenvalue weighted by Gasteiger charge is 2.15. The number of anilines is 1. The average Bonchev–Trinajstić information content (AvgIpc) is 2.62. The number of nitrogens with one attached hydrogen (secondary N) is 2. The summed E-state index contributed by atoms with van der Waals surface area (Å²) >= 11 is 3.59. The highest BCUT2D eigenvalue weighted by Crippen LogP contribution is 2.34. The van der Waals surface area contributed by atoms with Crippen LogP contribution in [0.2, 0.25) is 0 Å². The highest BCUT2D eigenvalue weighted by atomic mass is 79.9. The largest absolute Gasteiger partial charge is 0.490 e. The maximum Gasteiger partial charge on any atom is 0.262 e. The molecule has 2 aromatic rings. The van der Waals surface area contributed by atoms with Crippen LogP contribution in [0.5, 0.6) is 11.5 Å². The topological polar surface area (TPSA) is 59.6 Å². The van der Waals surface area contributed by atoms with Crippen molar-refractivity contribution in [3.63, 3.8) is 0 Å². The molecular weight excluding hydrogens is 420 g/mol. The Morgan fingerprint density at radius 3 is 2.32 bits per heavy atom. The number of hydrogen-bond donors (Lipinski definition) is 2. The van der Waals surface area contributed by atoms with Gasteiger partial charge in [0.25, 0.3) is 5.91 Å². The summed E-state index contributed by atoms with van der Waals surface area (Å²) in [7, 11) is 0. The first-order valence-corrected chi connectivity index (χ1v) is 10.2. The second-order valence-corrected chi connectivity index (χ2v) is 8.48. The van der Waals surface area contributed by atoms with E-state index in [9.17, 15) is 4.79 Å². The summed E-state index contributed by atoms with van der Waals surface area (Å²) in [5.74, 6) is 0.938. The first-order chi connectivity index (χ1) is 13.2. The van der Waals surface area contributed by atoms with Crippen LogP contribution in [-0.2, 0) is 11.3 Å². The molecule has 2 aromatic carbocycles. The van der Waals surface area contributed by atoms with E-state index in [1.165, 1.54) is 0 Å². The highest BCUT2D eigenvalue weighted by molar-refractivity contribution is 9.10. The van der Waals surface area contributed by atoms with Crippen molar-refractivity contribution in [1.82, 2.24) is 5.32 Å². The number of amides is 1. The molecule has 0 aliphatic rings. The molecule has 6 heteroatoms. The number of benzene rings is 2. The minimum Gasteiger partial charge on any atom is -0.490 e. The molecule has 0 fully saturated rings. The van der Waals surface area contributed by atoms with Crippen molar-refractivity contribution in [1.29, 1.82) is 0 Å². The first-order valence-electron chi connectivity index (χ1n) is 9.37. The molecule has 152 valence electrons. The Hall–Kier alpha value is -2.05. The summed E-state index contributed by atoms with van der Waals surface area (Å²) in [5.41, 5.74) is 2.96. The van der Waals surface area contributed by atoms with Crippen LogP contribution in [0.1, 0.15) is 38.8 Å². The van der Waals surface area contributed by atoms with Gasteiger partial charge < -0.3 is 20.1 Å². The number of aryl methyl sites for hydroxylation is 1. The van der Waals surface area contributed by atoms with Crippen molar-refractivity contribution in [3.05, 3.63) is 52.0 Å². The zero-order valence-corrected chi connectivity index (χ0v) is 18.8. The van der Waals surface area contributed by atoms with Gasteiger partial charge in [0.2, 0.25) is 0 Å². The molecule has 2 rings (SSSR count). The molecule has 28 heavy (non-hydrogen) atoms. The van der Waals surface area contributed by atoms with Gasteiger partial charge in [-0.05, 0) is 64.4 Å². The average molecular weight is 449 g/mol. The van der Waals surface area contributed by atoms with Crippen LogP contribution < -0.4 is 20.1 Å². The maximum absolute atomic E-state index is 12.2. The molecule has 0 saturated carbocycles. The molecule has 5 nitrogen and oxygen atoms in total. The number of halogens is 1. The third-order valence-corrected chi connectivity index (χ3v) is 4.65. The number of carbonyl (C=O) groups is 1. The summed E-state index contributed by atoms with van der Waals surface area (Å²) in [6, 6.07) is 11.4. The van der Waals surface area contributed by atoms with Gasteiger partial charge in [-0.25, -0.2) is 0 Å². The van der Waals surface area contributed by atoms with Gasteiger partial charge in [0, 0.05) is 22.2 Å². The molecule has 1 amide bonds. The van der Waals surface area contributed by atoms with Gasteiger partial charge >= 0.3 is 0 Å². The van der Waals surface area contributed by atoms with Gasteiger partial charge in [0.15, 0.2) is 18.1 Å². The van der Waals surface area contributed by atoms with Crippen LogP contribution in [0.4, 0.5) is 5.69 Å². The van der Waals surface area contributed by atoms with Crippen molar-refractivity contribution in [2.75, 3.05) is 18.5 Å². The molecule has 0 bridgehead atoms. The van der Waals surface area contributed by atoms with Crippen molar-refractivity contribution in [3.8, 4) is 11.5 Å². The lowest BCUT2D eigenvalue weighted by Gasteiger charge is -2.22. The quantitative estimate of drug-likeness (QED) is 0.592. The molecule has 0 aliphatic carbocycles. The number of carbonyl (C=O) groups excluding carboxylic acids is 1. The lowest BCUT2D eigenvalue weighted by atomic mass is 10.1. The molecule has 0 saturated heterocycles. The molecule has 2 N–H and O–H groups in total. The van der Waals surface area contributed by atoms with Gasteiger partial charge in [-0.1, -0.05) is 33.6 Å². The lowest BCUT2D eigenvalue weighted by molar-refractivity contribution is -0.118. The summed E-state index contributed by atoms with van der Waals surface area (Å²) in [5, 5.41) is 6.29. The molecule has 0 unspecified atom stereocenters. The Morgan fingerprint density at radius 2 is 1.71 bits per heavy atom. The lowest BCUT2D eigenvalue weighted by Crippen LogP contribution is -2.35. The fourth-order valence-electron chi connectivity index (χ4n) is 2.43. The summed E-state index contributed by atoms with van der Waals surface area (Å²) < 4.78 is 12.4. The van der Waals surface area contributed by atoms with Gasteiger partial charge in [-0.15, -0.1) is 0 Å². The van der Waals surface area contributed by atoms with Crippen LogP contribution in [0, 0.1) is 6.92 Å². The molecular formula is C22H29BrN2O3. The predicted molar refractivity (Wildman–Crippen MR) is 117 cm³/mol. The van der Waals surface area contributed by atoms with Gasteiger partial charge in [0.05, 0.1) is 6.61 Å². The minimum atomic E-state index is -0.221. The van der Waals surface area contributed by atoms with Crippen molar-refractivity contribution >= 4 is 27.5 Å². The van der Waals surface area contributed by atoms with Gasteiger partial charge in [-0.3, -0.25) is 4.79 Å². The summed E-state index contributed by atoms with van der Waals surface area (Å²) in [6.45, 7) is 11.4. The van der Waals surface area contributed by atoms with Crippen LogP contribution >= 0.6 is 15.9 Å². The Morgan fingerprint density at radius 1 is 1.07 bits per heavy atom. The van der Waals surface area contributed by atoms with Crippen LogP contribution in [0.15, 0.2) is 40.9 Å². The van der Waals surface area contributed by atoms with E-state index in [1.807, 2.05) is 50.2 Å². The van der Waals surface area contributed by atoms with E-state index in [-0.39, 0.29) is 18.1 Å². The van der Waals surface area contributed by atoms with Crippen molar-refractivity contribution < 1.29 is 14.3 Å². The Labute approximate surface area is 175 Å². The Kier molecular flexibility index (Phi) is 7.89. The van der Waals surface area contributed by atoms with E-state index in [0.29, 0.717) is 24.7 Å². The zero-order valence-electron chi connectivity index (χ0n) is 17.2. The van der Waals surface area contributed by atoms with E-state index in [2.05, 4.69) is 47.3 Å². The van der Waals surface area contributed by atoms with Crippen LogP contribution in [0.25, 0.3) is 0 Å². The summed E-state index contributed by atoms with van der Waals surface area (Å²) in [6.07, 6.45) is 0. The smallest absolute Gasteiger partial charge is 0.262 e. The SMILES string of the molecule is CCOc1cc(CNC(C)(C)C)c(Br)cc1OCC(=O)Nc1ccc(C)cc1. The molecule has 0 aliphatic heterocycles. The fourth-order valence-corrected chi connectivity index (χ4v) is 2.89. The minimum absolute atomic E-state index is 0.00839. The van der Waals surface area contributed by atoms with Crippen molar-refractivity contribution in [2.24, 2.45) is 0 Å². The Balaban J connectivity index is 2.05. The van der Waals surface area contributed by atoms with E-state index in [4.69, 9.17) is 9.47 Å². The van der Waals surface area contributed by atoms with E-state index < -0.39 is 0 Å². The molecule has 0 radical (unpaired) electrons. The van der Waals surface area contributed by atoms with Crippen LogP contribution in [0.3, 0.4) is 0 Å². The third-order valence-electron chi connectivity index (χ3n) is 3.92. The maximum atomic E-state index is 12.2. The Bertz CT molecular complexity index is 799. The number of rotatable bonds is 8. The first kappa shape index (κ1) is 22.2. The second-order valence-electron chi connectivity index (χ2n) is 7.63. The third kappa shape index (κ3) is 7.17. The zero-order chi connectivity index (χ0) is 20.7. The fraction of sp³-hybridized carbons (Fsp3) is 0.409. The van der Waals surface area contributed by atoms with Gasteiger partial charge in [0.1, 0.15) is 0 Å². The standard InChI is InChI=1S/C22H29BrN2O3/c1-6-27-19-11-16(13-24-22(3,4)5)18(23)12-20(19)28-14-21(26)25-17-9-7-15(2)8-10-17/h7-12,24H,6,13-14H2,1-5H3,(H,25,26). The van der Waals surface area contributed by atoms with Crippen molar-refractivity contribution in [2.45, 2.75) is 46.7 Å². The number of ether oxygens (including phenoxy) is 2. The second kappa shape index (κ2) is 9.94. The monoisotopic (exact) mass is 448 g/mol. The molecule has 0 heterocycles. The molecule has 0 aromatic heterocycles. The van der Waals surface area contributed by atoms with E-state index >= 15 is 0 Å². The van der Waals surface area contributed by atoms with Gasteiger partial charge in [-0.2, -0.15) is 0 Å². The normalized spacial score (nSPS) is 11.2. The van der Waals surface area contributed by atoms with Crippen LogP contribution in [-0.4, -0.2) is 24.7 Å². The van der Waals surface area contributed by atoms with E-state index in [1.54, 1.807) is 0 Å². The number of hydrogen-bond acceptors (Lipinski definition) is 4. The molecule has 0 spiro atoms. The predicted octanol–water partition coefficient (Wildman–Crippen LogP) is 5.06.